The van der Waals surface area contributed by atoms with Gasteiger partial charge in [-0.15, -0.1) is 0 Å². The van der Waals surface area contributed by atoms with Gasteiger partial charge in [0.05, 0.1) is 6.10 Å². The number of carboxylic acids is 1. The van der Waals surface area contributed by atoms with Gasteiger partial charge in [-0.3, -0.25) is 4.79 Å². The summed E-state index contributed by atoms with van der Waals surface area (Å²) in [5.74, 6) is -2.18. The van der Waals surface area contributed by atoms with Crippen molar-refractivity contribution in [2.75, 3.05) is 0 Å². The third-order valence-electron chi connectivity index (χ3n) is 1.43. The van der Waals surface area contributed by atoms with Gasteiger partial charge in [0.25, 0.3) is 0 Å². The number of hydrogen-bond donors (Lipinski definition) is 3. The first-order valence-electron chi connectivity index (χ1n) is 3.73. The minimum atomic E-state index is -1.26. The summed E-state index contributed by atoms with van der Waals surface area (Å²) in [7, 11) is 0. The second-order valence-corrected chi connectivity index (χ2v) is 2.68. The monoisotopic (exact) mass is 191 g/mol. The quantitative estimate of drug-likeness (QED) is 0.477. The summed E-state index contributed by atoms with van der Waals surface area (Å²) in [5, 5.41) is 17.2. The van der Waals surface area contributed by atoms with Gasteiger partial charge in [-0.05, 0) is 13.8 Å². The predicted molar refractivity (Wildman–Crippen MR) is 42.8 cm³/mol. The Hall–Kier alpha value is -1.14. The Balaban J connectivity index is 4.08. The molecule has 0 heterocycles. The lowest BCUT2D eigenvalue weighted by molar-refractivity contribution is -0.165. The standard InChI is InChI=1S/C7H13NO5/c1-3(9)5(8)7(12)13-4(2)6(10)11/h3-5,9H,8H2,1-2H3,(H,10,11)/t3-,4?,5+/m1/s1. The van der Waals surface area contributed by atoms with Crippen LogP contribution in [0.1, 0.15) is 13.8 Å². The Morgan fingerprint density at radius 2 is 1.85 bits per heavy atom. The molecule has 3 atom stereocenters. The molecule has 1 unspecified atom stereocenters. The molecule has 0 spiro atoms. The highest BCUT2D eigenvalue weighted by Crippen LogP contribution is 1.97. The van der Waals surface area contributed by atoms with Crippen LogP contribution in [0, 0.1) is 0 Å². The van der Waals surface area contributed by atoms with E-state index in [2.05, 4.69) is 4.74 Å². The number of aliphatic hydroxyl groups is 1. The molecule has 0 aliphatic rings. The molecule has 0 rings (SSSR count). The normalized spacial score (nSPS) is 17.2. The number of carbonyl (C=O) groups is 2. The fraction of sp³-hybridized carbons (Fsp3) is 0.714. The first-order chi connectivity index (χ1) is 5.86. The molecule has 0 amide bonds. The van der Waals surface area contributed by atoms with E-state index in [0.717, 1.165) is 0 Å². The Kier molecular flexibility index (Phi) is 4.36. The van der Waals surface area contributed by atoms with E-state index < -0.39 is 30.2 Å². The van der Waals surface area contributed by atoms with E-state index in [1.165, 1.54) is 13.8 Å². The number of esters is 1. The van der Waals surface area contributed by atoms with Crippen LogP contribution in [0.4, 0.5) is 0 Å². The van der Waals surface area contributed by atoms with E-state index in [-0.39, 0.29) is 0 Å². The minimum Gasteiger partial charge on any atom is -0.479 e. The lowest BCUT2D eigenvalue weighted by Crippen LogP contribution is -2.43. The van der Waals surface area contributed by atoms with E-state index in [9.17, 15) is 9.59 Å². The number of carboxylic acid groups (broad SMARTS) is 1. The van der Waals surface area contributed by atoms with Crippen LogP contribution in [0.2, 0.25) is 0 Å². The maximum atomic E-state index is 10.9. The summed E-state index contributed by atoms with van der Waals surface area (Å²) in [4.78, 5) is 21.2. The minimum absolute atomic E-state index is 0.926. The zero-order chi connectivity index (χ0) is 10.6. The number of rotatable bonds is 4. The molecule has 0 bridgehead atoms. The predicted octanol–water partition coefficient (Wildman–Crippen LogP) is -1.29. The van der Waals surface area contributed by atoms with Crippen LogP contribution in [-0.2, 0) is 14.3 Å². The van der Waals surface area contributed by atoms with Crippen molar-refractivity contribution < 1.29 is 24.5 Å². The van der Waals surface area contributed by atoms with Crippen molar-refractivity contribution >= 4 is 11.9 Å². The van der Waals surface area contributed by atoms with Crippen LogP contribution in [-0.4, -0.2) is 40.4 Å². The van der Waals surface area contributed by atoms with Crippen molar-refractivity contribution in [1.29, 1.82) is 0 Å². The average molecular weight is 191 g/mol. The zero-order valence-electron chi connectivity index (χ0n) is 7.43. The fourth-order valence-electron chi connectivity index (χ4n) is 0.500. The number of aliphatic hydroxyl groups excluding tert-OH is 1. The molecule has 0 aliphatic heterocycles. The average Bonchev–Trinajstić information content (AvgIpc) is 2.02. The molecular formula is C7H13NO5. The molecule has 0 aromatic heterocycles. The number of nitrogens with two attached hydrogens (primary N) is 1. The smallest absolute Gasteiger partial charge is 0.344 e. The molecular weight excluding hydrogens is 178 g/mol. The fourth-order valence-corrected chi connectivity index (χ4v) is 0.500. The molecule has 13 heavy (non-hydrogen) atoms. The largest absolute Gasteiger partial charge is 0.479 e. The van der Waals surface area contributed by atoms with E-state index in [1.807, 2.05) is 0 Å². The highest BCUT2D eigenvalue weighted by Gasteiger charge is 2.24. The molecule has 6 heteroatoms. The summed E-state index contributed by atoms with van der Waals surface area (Å²) >= 11 is 0. The lowest BCUT2D eigenvalue weighted by atomic mass is 10.2. The topological polar surface area (TPSA) is 110 Å². The van der Waals surface area contributed by atoms with E-state index in [0.29, 0.717) is 0 Å². The van der Waals surface area contributed by atoms with Crippen LogP contribution in [0.15, 0.2) is 0 Å². The van der Waals surface area contributed by atoms with Crippen LogP contribution in [0.3, 0.4) is 0 Å². The van der Waals surface area contributed by atoms with Gasteiger partial charge < -0.3 is 20.7 Å². The molecule has 0 aromatic rings. The number of carbonyl (C=O) groups excluding carboxylic acids is 1. The molecule has 0 aromatic carbocycles. The summed E-state index contributed by atoms with van der Waals surface area (Å²) < 4.78 is 4.41. The van der Waals surface area contributed by atoms with E-state index in [4.69, 9.17) is 15.9 Å². The lowest BCUT2D eigenvalue weighted by Gasteiger charge is -2.15. The van der Waals surface area contributed by atoms with Crippen molar-refractivity contribution in [1.82, 2.24) is 0 Å². The number of ether oxygens (including phenoxy) is 1. The summed E-state index contributed by atoms with van der Waals surface area (Å²) in [6.45, 7) is 2.52. The first-order valence-corrected chi connectivity index (χ1v) is 3.73. The van der Waals surface area contributed by atoms with Crippen molar-refractivity contribution in [3.05, 3.63) is 0 Å². The van der Waals surface area contributed by atoms with E-state index in [1.54, 1.807) is 0 Å². The van der Waals surface area contributed by atoms with Gasteiger partial charge in [0.2, 0.25) is 0 Å². The summed E-state index contributed by atoms with van der Waals surface area (Å²) in [6, 6.07) is -1.21. The Labute approximate surface area is 75.3 Å². The summed E-state index contributed by atoms with van der Waals surface area (Å²) in [5.41, 5.74) is 5.19. The van der Waals surface area contributed by atoms with Gasteiger partial charge in [-0.2, -0.15) is 0 Å². The Morgan fingerprint density at radius 3 is 2.15 bits per heavy atom. The van der Waals surface area contributed by atoms with Crippen LogP contribution in [0.5, 0.6) is 0 Å². The Morgan fingerprint density at radius 1 is 1.38 bits per heavy atom. The third-order valence-corrected chi connectivity index (χ3v) is 1.43. The maximum absolute atomic E-state index is 10.9. The van der Waals surface area contributed by atoms with Gasteiger partial charge >= 0.3 is 11.9 Å². The van der Waals surface area contributed by atoms with Crippen LogP contribution in [0.25, 0.3) is 0 Å². The molecule has 4 N–H and O–H groups in total. The van der Waals surface area contributed by atoms with Gasteiger partial charge in [0, 0.05) is 0 Å². The van der Waals surface area contributed by atoms with Crippen molar-refractivity contribution in [3.63, 3.8) is 0 Å². The number of hydrogen-bond acceptors (Lipinski definition) is 5. The molecule has 0 fully saturated rings. The SMILES string of the molecule is CC(OC(=O)[C@@H](N)[C@@H](C)O)C(=O)O. The van der Waals surface area contributed by atoms with Gasteiger partial charge in [0.1, 0.15) is 6.04 Å². The third kappa shape index (κ3) is 3.86. The van der Waals surface area contributed by atoms with Crippen LogP contribution >= 0.6 is 0 Å². The van der Waals surface area contributed by atoms with Gasteiger partial charge in [-0.1, -0.05) is 0 Å². The van der Waals surface area contributed by atoms with Crippen molar-refractivity contribution in [2.24, 2.45) is 5.73 Å². The van der Waals surface area contributed by atoms with Gasteiger partial charge in [-0.25, -0.2) is 4.79 Å². The van der Waals surface area contributed by atoms with E-state index >= 15 is 0 Å². The Bertz CT molecular complexity index is 203. The second-order valence-electron chi connectivity index (χ2n) is 2.68. The molecule has 76 valence electrons. The molecule has 0 saturated carbocycles. The molecule has 0 radical (unpaired) electrons. The maximum Gasteiger partial charge on any atom is 0.344 e. The van der Waals surface area contributed by atoms with Crippen molar-refractivity contribution in [2.45, 2.75) is 32.1 Å². The summed E-state index contributed by atoms with van der Waals surface area (Å²) in [6.07, 6.45) is -2.31. The second kappa shape index (κ2) is 4.78. The van der Waals surface area contributed by atoms with Gasteiger partial charge in [0.15, 0.2) is 6.10 Å². The molecule has 0 saturated heterocycles. The highest BCUT2D eigenvalue weighted by atomic mass is 16.6. The first kappa shape index (κ1) is 11.9. The zero-order valence-corrected chi connectivity index (χ0v) is 7.43. The highest BCUT2D eigenvalue weighted by molar-refractivity contribution is 5.80. The van der Waals surface area contributed by atoms with Crippen LogP contribution < -0.4 is 5.73 Å². The molecule has 6 nitrogen and oxygen atoms in total. The van der Waals surface area contributed by atoms with Crippen molar-refractivity contribution in [3.8, 4) is 0 Å². The number of aliphatic carboxylic acids is 1. The molecule has 0 aliphatic carbocycles.